The average molecular weight is 518 g/mol. The summed E-state index contributed by atoms with van der Waals surface area (Å²) in [5.74, 6) is -0.439. The Balaban J connectivity index is 0.00000190. The van der Waals surface area contributed by atoms with Crippen molar-refractivity contribution in [2.45, 2.75) is 30.3 Å². The van der Waals surface area contributed by atoms with Crippen LogP contribution in [-0.4, -0.2) is 43.0 Å². The van der Waals surface area contributed by atoms with E-state index in [4.69, 9.17) is 0 Å². The van der Waals surface area contributed by atoms with Gasteiger partial charge in [0.25, 0.3) is 10.0 Å². The van der Waals surface area contributed by atoms with E-state index in [1.54, 1.807) is 65.5 Å². The third kappa shape index (κ3) is 4.73. The number of aromatic nitrogens is 2. The number of nitrogens with one attached hydrogen (secondary N) is 2. The van der Waals surface area contributed by atoms with Gasteiger partial charge in [-0.3, -0.25) is 9.52 Å². The first-order chi connectivity index (χ1) is 16.8. The summed E-state index contributed by atoms with van der Waals surface area (Å²) in [7, 11) is -3.70. The van der Waals surface area contributed by atoms with Gasteiger partial charge in [0.15, 0.2) is 5.13 Å². The molecule has 186 valence electrons. The Morgan fingerprint density at radius 1 is 1.23 bits per heavy atom. The first kappa shape index (κ1) is 23.3. The molecule has 2 atom stereocenters. The highest BCUT2D eigenvalue weighted by molar-refractivity contribution is 7.93. The van der Waals surface area contributed by atoms with Crippen molar-refractivity contribution in [3.8, 4) is 0 Å². The Labute approximate surface area is 209 Å². The Kier molecular flexibility index (Phi) is 6.20. The third-order valence-corrected chi connectivity index (χ3v) is 8.38. The second-order valence-electron chi connectivity index (χ2n) is 8.45. The van der Waals surface area contributed by atoms with Crippen LogP contribution in [0, 0.1) is 5.82 Å². The van der Waals surface area contributed by atoms with Crippen molar-refractivity contribution in [2.24, 2.45) is 0 Å². The van der Waals surface area contributed by atoms with Crippen molar-refractivity contribution in [3.63, 3.8) is 0 Å². The van der Waals surface area contributed by atoms with Crippen LogP contribution in [0.4, 0.5) is 15.2 Å². The second kappa shape index (κ2) is 9.31. The second-order valence-corrected chi connectivity index (χ2v) is 11.0. The van der Waals surface area contributed by atoms with E-state index >= 15 is 0 Å². The zero-order valence-electron chi connectivity index (χ0n) is 18.9. The fourth-order valence-corrected chi connectivity index (χ4v) is 6.12. The molecule has 2 aromatic carbocycles. The number of hydrogen-bond donors (Lipinski definition) is 2. The van der Waals surface area contributed by atoms with Gasteiger partial charge in [-0.1, -0.05) is 6.07 Å². The highest BCUT2D eigenvalue weighted by atomic mass is 32.2. The molecule has 35 heavy (non-hydrogen) atoms. The van der Waals surface area contributed by atoms with Crippen LogP contribution in [0.2, 0.25) is 0 Å². The number of carbonyl (C=O) groups excluding carboxylic acids is 1. The number of rotatable bonds is 7. The highest BCUT2D eigenvalue weighted by Crippen LogP contribution is 2.26. The van der Waals surface area contributed by atoms with E-state index in [2.05, 4.69) is 19.9 Å². The van der Waals surface area contributed by atoms with Crippen molar-refractivity contribution in [1.82, 2.24) is 14.9 Å². The number of fused-ring (bicyclic) bond motifs is 1. The molecule has 5 rings (SSSR count). The number of carbonyl (C=O) groups is 1. The molecule has 4 aromatic rings. The van der Waals surface area contributed by atoms with Crippen LogP contribution in [0.1, 0.15) is 22.2 Å². The lowest BCUT2D eigenvalue weighted by molar-refractivity contribution is -0.124. The van der Waals surface area contributed by atoms with Crippen LogP contribution in [0.25, 0.3) is 10.9 Å². The maximum absolute atomic E-state index is 14.0. The van der Waals surface area contributed by atoms with E-state index in [1.807, 2.05) is 0 Å². The first-order valence-corrected chi connectivity index (χ1v) is 13.5. The van der Waals surface area contributed by atoms with Crippen LogP contribution in [0.3, 0.4) is 0 Å². The summed E-state index contributed by atoms with van der Waals surface area (Å²) in [5, 5.41) is 5.61. The van der Waals surface area contributed by atoms with Crippen molar-refractivity contribution in [1.29, 1.82) is 0 Å². The van der Waals surface area contributed by atoms with E-state index in [1.165, 1.54) is 23.6 Å². The average Bonchev–Trinajstić information content (AvgIpc) is 3.60. The first-order valence-electron chi connectivity index (χ1n) is 11.1. The molecule has 1 aliphatic heterocycles. The summed E-state index contributed by atoms with van der Waals surface area (Å²) in [5.41, 5.74) is 1.56. The molecule has 0 spiro atoms. The standard InChI is InChI=1S/C24H24FN5O3S2.2H2/c1-16(30-13-10-20-21(25)3-2-4-22(20)30)23(31)27-17-9-12-29(15-17)18-5-7-19(8-6-18)35(32,33)28-24-26-11-14-34-24;;/h2-8,10-11,13-14,16-17H,9,12,15H2,1H3,(H,26,28)(H,27,31);2*1H/t16-,17-;;/m0../s1. The minimum absolute atomic E-state index is 0. The van der Waals surface area contributed by atoms with Gasteiger partial charge < -0.3 is 14.8 Å². The molecule has 2 aromatic heterocycles. The number of nitrogens with zero attached hydrogens (tertiary/aromatic N) is 3. The Morgan fingerprint density at radius 2 is 2.03 bits per heavy atom. The van der Waals surface area contributed by atoms with Gasteiger partial charge in [-0.2, -0.15) is 0 Å². The van der Waals surface area contributed by atoms with Gasteiger partial charge in [-0.05, 0) is 55.8 Å². The number of benzene rings is 2. The molecule has 1 saturated heterocycles. The maximum Gasteiger partial charge on any atom is 0.263 e. The van der Waals surface area contributed by atoms with Crippen LogP contribution in [0.5, 0.6) is 0 Å². The SMILES string of the molecule is C[C@@H](C(=O)N[C@H]1CCN(c2ccc(S(=O)(=O)Nc3nccs3)cc2)C1)n1ccc2c(F)cccc21.[HH].[HH]. The summed E-state index contributed by atoms with van der Waals surface area (Å²) in [6, 6.07) is 12.7. The largest absolute Gasteiger partial charge is 0.369 e. The predicted octanol–water partition coefficient (Wildman–Crippen LogP) is 4.49. The molecular formula is C24H28FN5O3S2. The zero-order chi connectivity index (χ0) is 24.6. The summed E-state index contributed by atoms with van der Waals surface area (Å²) in [6.07, 6.45) is 4.04. The molecule has 0 aliphatic carbocycles. The molecule has 0 bridgehead atoms. The van der Waals surface area contributed by atoms with Crippen LogP contribution in [-0.2, 0) is 14.8 Å². The van der Waals surface area contributed by atoms with Gasteiger partial charge in [0.1, 0.15) is 11.9 Å². The number of sulfonamides is 1. The van der Waals surface area contributed by atoms with Gasteiger partial charge in [0.2, 0.25) is 5.91 Å². The number of amides is 1. The molecule has 3 heterocycles. The summed E-state index contributed by atoms with van der Waals surface area (Å²) in [6.45, 7) is 3.15. The number of halogens is 1. The number of hydrogen-bond acceptors (Lipinski definition) is 6. The lowest BCUT2D eigenvalue weighted by atomic mass is 10.2. The fraction of sp³-hybridized carbons (Fsp3) is 0.250. The van der Waals surface area contributed by atoms with Gasteiger partial charge in [0, 0.05) is 50.8 Å². The van der Waals surface area contributed by atoms with E-state index in [-0.39, 0.29) is 25.5 Å². The normalized spacial score (nSPS) is 17.0. The quantitative estimate of drug-likeness (QED) is 0.377. The fourth-order valence-electron chi connectivity index (χ4n) is 4.33. The zero-order valence-corrected chi connectivity index (χ0v) is 20.5. The number of anilines is 2. The lowest BCUT2D eigenvalue weighted by Crippen LogP contribution is -2.40. The molecule has 11 heteroatoms. The van der Waals surface area contributed by atoms with Gasteiger partial charge in [-0.25, -0.2) is 17.8 Å². The van der Waals surface area contributed by atoms with E-state index in [9.17, 15) is 17.6 Å². The Bertz CT molecular complexity index is 1460. The topological polar surface area (TPSA) is 96.3 Å². The van der Waals surface area contributed by atoms with Gasteiger partial charge in [0.05, 0.1) is 10.4 Å². The molecule has 8 nitrogen and oxygen atoms in total. The summed E-state index contributed by atoms with van der Waals surface area (Å²) < 4.78 is 43.3. The molecule has 2 N–H and O–H groups in total. The van der Waals surface area contributed by atoms with Crippen LogP contribution in [0.15, 0.2) is 71.2 Å². The maximum atomic E-state index is 14.0. The van der Waals surface area contributed by atoms with Crippen LogP contribution < -0.4 is 14.9 Å². The van der Waals surface area contributed by atoms with E-state index in [0.29, 0.717) is 22.6 Å². The van der Waals surface area contributed by atoms with Gasteiger partial charge >= 0.3 is 0 Å². The third-order valence-electron chi connectivity index (χ3n) is 6.21. The Morgan fingerprint density at radius 3 is 2.77 bits per heavy atom. The minimum atomic E-state index is -3.70. The summed E-state index contributed by atoms with van der Waals surface area (Å²) >= 11 is 1.21. The monoisotopic (exact) mass is 517 g/mol. The predicted molar refractivity (Wildman–Crippen MR) is 139 cm³/mol. The molecule has 0 unspecified atom stereocenters. The molecular weight excluding hydrogens is 489 g/mol. The smallest absolute Gasteiger partial charge is 0.263 e. The Hall–Kier alpha value is -3.44. The van der Waals surface area contributed by atoms with E-state index < -0.39 is 16.1 Å². The van der Waals surface area contributed by atoms with E-state index in [0.717, 1.165) is 18.7 Å². The van der Waals surface area contributed by atoms with Crippen molar-refractivity contribution >= 4 is 49.0 Å². The number of thiazole rings is 1. The lowest BCUT2D eigenvalue weighted by Gasteiger charge is -2.21. The molecule has 1 aliphatic rings. The summed E-state index contributed by atoms with van der Waals surface area (Å²) in [4.78, 5) is 19.2. The van der Waals surface area contributed by atoms with Crippen molar-refractivity contribution in [3.05, 3.63) is 72.1 Å². The molecule has 0 radical (unpaired) electrons. The van der Waals surface area contributed by atoms with Crippen molar-refractivity contribution in [2.75, 3.05) is 22.7 Å². The van der Waals surface area contributed by atoms with Gasteiger partial charge in [-0.15, -0.1) is 11.3 Å². The molecule has 1 fully saturated rings. The minimum Gasteiger partial charge on any atom is -0.369 e. The molecule has 0 saturated carbocycles. The van der Waals surface area contributed by atoms with Crippen LogP contribution >= 0.6 is 11.3 Å². The molecule has 1 amide bonds. The van der Waals surface area contributed by atoms with Crippen molar-refractivity contribution < 1.29 is 20.5 Å². The highest BCUT2D eigenvalue weighted by Gasteiger charge is 2.27.